The Balaban J connectivity index is 1.62. The number of ether oxygens (including phenoxy) is 1. The fraction of sp³-hybridized carbons (Fsp3) is 0.571. The number of hydrogen-bond donors (Lipinski definition) is 1. The van der Waals surface area contributed by atoms with Gasteiger partial charge in [0.25, 0.3) is 0 Å². The van der Waals surface area contributed by atoms with Gasteiger partial charge >= 0.3 is 0 Å². The van der Waals surface area contributed by atoms with Crippen molar-refractivity contribution in [1.82, 2.24) is 19.7 Å². The van der Waals surface area contributed by atoms with Crippen molar-refractivity contribution in [3.8, 4) is 5.69 Å². The molecule has 2 fully saturated rings. The Morgan fingerprint density at radius 1 is 1.21 bits per heavy atom. The molecule has 150 valence electrons. The number of aryl methyl sites for hydroxylation is 1. The highest BCUT2D eigenvalue weighted by molar-refractivity contribution is 5.75. The van der Waals surface area contributed by atoms with E-state index in [4.69, 9.17) is 15.5 Å². The van der Waals surface area contributed by atoms with Crippen LogP contribution in [0, 0.1) is 6.92 Å². The smallest absolute Gasteiger partial charge is 0.225 e. The van der Waals surface area contributed by atoms with E-state index in [2.05, 4.69) is 41.2 Å². The SMILES string of the molecule is Cc1ccc(-n2nc(CC(N)=O)nc2C2CCCN(C3CCOCC3)C2)cc1. The van der Waals surface area contributed by atoms with Crippen LogP contribution in [-0.4, -0.2) is 57.9 Å². The Labute approximate surface area is 165 Å². The van der Waals surface area contributed by atoms with Gasteiger partial charge in [0.1, 0.15) is 5.82 Å². The summed E-state index contributed by atoms with van der Waals surface area (Å²) < 4.78 is 7.44. The van der Waals surface area contributed by atoms with Gasteiger partial charge in [-0.1, -0.05) is 17.7 Å². The van der Waals surface area contributed by atoms with Gasteiger partial charge in [0.15, 0.2) is 5.82 Å². The van der Waals surface area contributed by atoms with Gasteiger partial charge < -0.3 is 10.5 Å². The number of amides is 1. The number of likely N-dealkylation sites (tertiary alicyclic amines) is 1. The minimum absolute atomic E-state index is 0.0717. The van der Waals surface area contributed by atoms with E-state index >= 15 is 0 Å². The molecule has 0 saturated carbocycles. The number of nitrogens with zero attached hydrogens (tertiary/aromatic N) is 4. The number of hydrogen-bond acceptors (Lipinski definition) is 5. The highest BCUT2D eigenvalue weighted by Gasteiger charge is 2.31. The van der Waals surface area contributed by atoms with E-state index in [-0.39, 0.29) is 6.42 Å². The van der Waals surface area contributed by atoms with Crippen molar-refractivity contribution < 1.29 is 9.53 Å². The van der Waals surface area contributed by atoms with E-state index in [0.29, 0.717) is 17.8 Å². The largest absolute Gasteiger partial charge is 0.381 e. The minimum Gasteiger partial charge on any atom is -0.381 e. The minimum atomic E-state index is -0.403. The first-order chi connectivity index (χ1) is 13.6. The molecule has 1 atom stereocenters. The van der Waals surface area contributed by atoms with E-state index in [1.54, 1.807) is 0 Å². The van der Waals surface area contributed by atoms with Crippen LogP contribution in [0.2, 0.25) is 0 Å². The highest BCUT2D eigenvalue weighted by atomic mass is 16.5. The average molecular weight is 383 g/mol. The third kappa shape index (κ3) is 4.25. The van der Waals surface area contributed by atoms with Crippen LogP contribution in [0.25, 0.3) is 5.69 Å². The number of piperidine rings is 1. The summed E-state index contributed by atoms with van der Waals surface area (Å²) >= 11 is 0. The molecule has 1 unspecified atom stereocenters. The first-order valence-electron chi connectivity index (χ1n) is 10.2. The fourth-order valence-electron chi connectivity index (χ4n) is 4.34. The number of benzene rings is 1. The maximum Gasteiger partial charge on any atom is 0.225 e. The van der Waals surface area contributed by atoms with Crippen LogP contribution in [0.15, 0.2) is 24.3 Å². The second-order valence-corrected chi connectivity index (χ2v) is 7.95. The lowest BCUT2D eigenvalue weighted by atomic mass is 9.94. The number of rotatable bonds is 5. The van der Waals surface area contributed by atoms with E-state index in [1.165, 1.54) is 5.56 Å². The van der Waals surface area contributed by atoms with Gasteiger partial charge in [0.05, 0.1) is 12.1 Å². The molecule has 0 bridgehead atoms. The van der Waals surface area contributed by atoms with Crippen LogP contribution in [0.3, 0.4) is 0 Å². The summed E-state index contributed by atoms with van der Waals surface area (Å²) in [6, 6.07) is 8.85. The molecule has 0 radical (unpaired) electrons. The zero-order chi connectivity index (χ0) is 19.5. The summed E-state index contributed by atoms with van der Waals surface area (Å²) in [6.45, 7) is 5.89. The normalized spacial score (nSPS) is 21.7. The van der Waals surface area contributed by atoms with E-state index in [9.17, 15) is 4.79 Å². The molecular weight excluding hydrogens is 354 g/mol. The molecule has 2 aromatic rings. The van der Waals surface area contributed by atoms with Crippen LogP contribution < -0.4 is 5.73 Å². The van der Waals surface area contributed by atoms with Crippen molar-refractivity contribution in [3.05, 3.63) is 41.5 Å². The first-order valence-corrected chi connectivity index (χ1v) is 10.2. The van der Waals surface area contributed by atoms with Gasteiger partial charge in [0.2, 0.25) is 5.91 Å². The second kappa shape index (κ2) is 8.41. The van der Waals surface area contributed by atoms with E-state index in [1.807, 2.05) is 4.68 Å². The van der Waals surface area contributed by atoms with Gasteiger partial charge in [-0.05, 0) is 51.3 Å². The highest BCUT2D eigenvalue weighted by Crippen LogP contribution is 2.30. The van der Waals surface area contributed by atoms with Crippen molar-refractivity contribution in [2.75, 3.05) is 26.3 Å². The molecule has 2 saturated heterocycles. The van der Waals surface area contributed by atoms with Crippen LogP contribution in [0.4, 0.5) is 0 Å². The zero-order valence-electron chi connectivity index (χ0n) is 16.5. The molecule has 1 aromatic carbocycles. The Morgan fingerprint density at radius 2 is 1.96 bits per heavy atom. The summed E-state index contributed by atoms with van der Waals surface area (Å²) in [5.74, 6) is 1.34. The molecule has 7 nitrogen and oxygen atoms in total. The lowest BCUT2D eigenvalue weighted by Crippen LogP contribution is -2.45. The molecular formula is C21H29N5O2. The molecule has 4 rings (SSSR count). The molecule has 2 aliphatic heterocycles. The molecule has 1 amide bonds. The van der Waals surface area contributed by atoms with Crippen LogP contribution in [0.1, 0.15) is 48.8 Å². The number of primary amides is 1. The van der Waals surface area contributed by atoms with Gasteiger partial charge in [-0.25, -0.2) is 9.67 Å². The number of carbonyl (C=O) groups excluding carboxylic acids is 1. The molecule has 2 N–H and O–H groups in total. The monoisotopic (exact) mass is 383 g/mol. The Hall–Kier alpha value is -2.25. The summed E-state index contributed by atoms with van der Waals surface area (Å²) in [6.07, 6.45) is 4.51. The standard InChI is InChI=1S/C21H29N5O2/c1-15-4-6-18(7-5-15)26-21(23-20(24-26)13-19(22)27)16-3-2-10-25(14-16)17-8-11-28-12-9-17/h4-7,16-17H,2-3,8-14H2,1H3,(H2,22,27). The Bertz CT molecular complexity index is 811. The second-order valence-electron chi connectivity index (χ2n) is 7.95. The zero-order valence-corrected chi connectivity index (χ0v) is 16.5. The van der Waals surface area contributed by atoms with Crippen LogP contribution >= 0.6 is 0 Å². The first kappa shape index (κ1) is 19.1. The third-order valence-corrected chi connectivity index (χ3v) is 5.81. The number of carbonyl (C=O) groups is 1. The number of nitrogens with two attached hydrogens (primary N) is 1. The Kier molecular flexibility index (Phi) is 5.73. The van der Waals surface area contributed by atoms with Gasteiger partial charge in [0, 0.05) is 31.7 Å². The topological polar surface area (TPSA) is 86.3 Å². The predicted octanol–water partition coefficient (Wildman–Crippen LogP) is 1.96. The summed E-state index contributed by atoms with van der Waals surface area (Å²) in [4.78, 5) is 18.8. The summed E-state index contributed by atoms with van der Waals surface area (Å²) in [5.41, 5.74) is 7.57. The Morgan fingerprint density at radius 3 is 2.68 bits per heavy atom. The molecule has 2 aliphatic rings. The molecule has 0 aliphatic carbocycles. The summed E-state index contributed by atoms with van der Waals surface area (Å²) in [5, 5.41) is 4.63. The van der Waals surface area contributed by atoms with Crippen molar-refractivity contribution in [2.24, 2.45) is 5.73 Å². The van der Waals surface area contributed by atoms with E-state index < -0.39 is 5.91 Å². The van der Waals surface area contributed by atoms with Crippen molar-refractivity contribution in [3.63, 3.8) is 0 Å². The lowest BCUT2D eigenvalue weighted by Gasteiger charge is -2.39. The molecule has 1 aromatic heterocycles. The van der Waals surface area contributed by atoms with Crippen molar-refractivity contribution in [1.29, 1.82) is 0 Å². The summed E-state index contributed by atoms with van der Waals surface area (Å²) in [7, 11) is 0. The third-order valence-electron chi connectivity index (χ3n) is 5.81. The van der Waals surface area contributed by atoms with Crippen molar-refractivity contribution in [2.45, 2.75) is 51.0 Å². The van der Waals surface area contributed by atoms with Crippen LogP contribution in [-0.2, 0) is 16.0 Å². The van der Waals surface area contributed by atoms with E-state index in [0.717, 1.165) is 63.5 Å². The maximum absolute atomic E-state index is 11.4. The fourth-order valence-corrected chi connectivity index (χ4v) is 4.34. The van der Waals surface area contributed by atoms with Gasteiger partial charge in [-0.15, -0.1) is 0 Å². The lowest BCUT2D eigenvalue weighted by molar-refractivity contribution is -0.117. The average Bonchev–Trinajstić information content (AvgIpc) is 3.12. The quantitative estimate of drug-likeness (QED) is 0.853. The van der Waals surface area contributed by atoms with Crippen LogP contribution in [0.5, 0.6) is 0 Å². The van der Waals surface area contributed by atoms with Gasteiger partial charge in [-0.3, -0.25) is 9.69 Å². The molecule has 7 heteroatoms. The van der Waals surface area contributed by atoms with Crippen molar-refractivity contribution >= 4 is 5.91 Å². The molecule has 28 heavy (non-hydrogen) atoms. The molecule has 0 spiro atoms. The maximum atomic E-state index is 11.4. The number of aromatic nitrogens is 3. The predicted molar refractivity (Wildman–Crippen MR) is 106 cm³/mol. The molecule has 3 heterocycles. The van der Waals surface area contributed by atoms with Gasteiger partial charge in [-0.2, -0.15) is 5.10 Å².